The van der Waals surface area contributed by atoms with Crippen molar-refractivity contribution in [1.82, 2.24) is 15.5 Å². The molecule has 0 saturated heterocycles. The van der Waals surface area contributed by atoms with Crippen molar-refractivity contribution in [2.24, 2.45) is 0 Å². The number of nitro groups is 1. The normalized spacial score (nSPS) is 12.1. The number of H-pyrrole nitrogens is 1. The van der Waals surface area contributed by atoms with Crippen molar-refractivity contribution in [2.75, 3.05) is 0 Å². The molecule has 1 atom stereocenters. The van der Waals surface area contributed by atoms with Crippen LogP contribution in [0.2, 0.25) is 0 Å². The molecular formula is C23H24N4O5. The average molecular weight is 436 g/mol. The molecule has 9 heteroatoms. The molecule has 9 nitrogen and oxygen atoms in total. The highest BCUT2D eigenvalue weighted by Gasteiger charge is 2.23. The van der Waals surface area contributed by atoms with Crippen molar-refractivity contribution in [2.45, 2.75) is 38.8 Å². The van der Waals surface area contributed by atoms with Gasteiger partial charge in [-0.15, -0.1) is 0 Å². The SMILES string of the molecule is CC(C)(C)OC(=O)NC(Cc1ccccc1)c1cc(-c2ccc([N+](=O)[O-])cc2)c(=O)[nH]n1. The quantitative estimate of drug-likeness (QED) is 0.441. The van der Waals surface area contributed by atoms with Gasteiger partial charge in [-0.3, -0.25) is 14.9 Å². The minimum absolute atomic E-state index is 0.0759. The molecule has 0 bridgehead atoms. The molecule has 3 aromatic rings. The Morgan fingerprint density at radius 1 is 1.16 bits per heavy atom. The molecule has 32 heavy (non-hydrogen) atoms. The highest BCUT2D eigenvalue weighted by molar-refractivity contribution is 5.69. The average Bonchev–Trinajstić information content (AvgIpc) is 2.73. The number of ether oxygens (including phenoxy) is 1. The maximum atomic E-state index is 12.5. The first kappa shape index (κ1) is 22.7. The van der Waals surface area contributed by atoms with Crippen LogP contribution in [-0.4, -0.2) is 26.8 Å². The molecular weight excluding hydrogens is 412 g/mol. The minimum atomic E-state index is -0.677. The van der Waals surface area contributed by atoms with E-state index in [1.54, 1.807) is 26.8 Å². The van der Waals surface area contributed by atoms with Crippen molar-refractivity contribution < 1.29 is 14.5 Å². The largest absolute Gasteiger partial charge is 0.444 e. The van der Waals surface area contributed by atoms with E-state index in [0.717, 1.165) is 5.56 Å². The number of aromatic amines is 1. The van der Waals surface area contributed by atoms with E-state index in [2.05, 4.69) is 15.5 Å². The fraction of sp³-hybridized carbons (Fsp3) is 0.261. The first-order valence-corrected chi connectivity index (χ1v) is 10.0. The van der Waals surface area contributed by atoms with Crippen LogP contribution in [0, 0.1) is 10.1 Å². The van der Waals surface area contributed by atoms with Gasteiger partial charge in [0, 0.05) is 12.1 Å². The van der Waals surface area contributed by atoms with E-state index in [4.69, 9.17) is 4.74 Å². The Labute approximate surface area is 184 Å². The minimum Gasteiger partial charge on any atom is -0.444 e. The van der Waals surface area contributed by atoms with E-state index in [0.29, 0.717) is 17.7 Å². The molecule has 0 fully saturated rings. The van der Waals surface area contributed by atoms with Gasteiger partial charge in [-0.25, -0.2) is 9.89 Å². The predicted octanol–water partition coefficient (Wildman–Crippen LogP) is 4.15. The van der Waals surface area contributed by atoms with Crippen LogP contribution >= 0.6 is 0 Å². The number of non-ortho nitro benzene ring substituents is 1. The number of benzene rings is 2. The highest BCUT2D eigenvalue weighted by Crippen LogP contribution is 2.23. The van der Waals surface area contributed by atoms with Crippen molar-refractivity contribution in [3.05, 3.63) is 92.4 Å². The summed E-state index contributed by atoms with van der Waals surface area (Å²) in [5.74, 6) is 0. The maximum Gasteiger partial charge on any atom is 0.408 e. The number of aromatic nitrogens is 2. The Kier molecular flexibility index (Phi) is 6.67. The lowest BCUT2D eigenvalue weighted by atomic mass is 10.0. The van der Waals surface area contributed by atoms with E-state index in [-0.39, 0.29) is 11.3 Å². The molecule has 0 spiro atoms. The summed E-state index contributed by atoms with van der Waals surface area (Å²) in [6.45, 7) is 5.30. The van der Waals surface area contributed by atoms with E-state index in [1.165, 1.54) is 24.3 Å². The number of nitrogens with one attached hydrogen (secondary N) is 2. The molecule has 2 aromatic carbocycles. The summed E-state index contributed by atoms with van der Waals surface area (Å²) in [4.78, 5) is 35.3. The number of nitrogens with zero attached hydrogens (tertiary/aromatic N) is 2. The van der Waals surface area contributed by atoms with Gasteiger partial charge in [0.05, 0.1) is 22.2 Å². The first-order valence-electron chi connectivity index (χ1n) is 10.0. The molecule has 0 saturated carbocycles. The topological polar surface area (TPSA) is 127 Å². The number of amides is 1. The molecule has 1 aromatic heterocycles. The molecule has 1 amide bonds. The lowest BCUT2D eigenvalue weighted by Crippen LogP contribution is -2.36. The molecule has 0 aliphatic carbocycles. The molecule has 0 aliphatic heterocycles. The molecule has 0 aliphatic rings. The van der Waals surface area contributed by atoms with Crippen molar-refractivity contribution >= 4 is 11.8 Å². The maximum absolute atomic E-state index is 12.5. The molecule has 3 rings (SSSR count). The van der Waals surface area contributed by atoms with Gasteiger partial charge in [0.15, 0.2) is 0 Å². The molecule has 1 unspecified atom stereocenters. The summed E-state index contributed by atoms with van der Waals surface area (Å²) in [5.41, 5.74) is 0.964. The Hall–Kier alpha value is -4.01. The number of carbonyl (C=O) groups excluding carboxylic acids is 1. The van der Waals surface area contributed by atoms with E-state index in [9.17, 15) is 19.7 Å². The Morgan fingerprint density at radius 3 is 2.41 bits per heavy atom. The summed E-state index contributed by atoms with van der Waals surface area (Å²) in [6, 6.07) is 16.2. The second-order valence-corrected chi connectivity index (χ2v) is 8.23. The highest BCUT2D eigenvalue weighted by atomic mass is 16.6. The standard InChI is InChI=1S/C23H24N4O5/c1-23(2,3)32-22(29)24-19(13-15-7-5-4-6-8-15)20-14-18(21(28)26-25-20)16-9-11-17(12-10-16)27(30)31/h4-12,14,19H,13H2,1-3H3,(H,24,29)(H,26,28). The number of rotatable bonds is 6. The predicted molar refractivity (Wildman–Crippen MR) is 119 cm³/mol. The van der Waals surface area contributed by atoms with Crippen LogP contribution in [-0.2, 0) is 11.2 Å². The van der Waals surface area contributed by atoms with Crippen LogP contribution in [0.3, 0.4) is 0 Å². The third-order valence-electron chi connectivity index (χ3n) is 4.54. The molecule has 2 N–H and O–H groups in total. The van der Waals surface area contributed by atoms with Gasteiger partial charge in [0.25, 0.3) is 11.2 Å². The fourth-order valence-corrected chi connectivity index (χ4v) is 3.11. The molecule has 1 heterocycles. The number of carbonyl (C=O) groups is 1. The third-order valence-corrected chi connectivity index (χ3v) is 4.54. The summed E-state index contributed by atoms with van der Waals surface area (Å²) >= 11 is 0. The van der Waals surface area contributed by atoms with Crippen LogP contribution in [0.5, 0.6) is 0 Å². The smallest absolute Gasteiger partial charge is 0.408 e. The first-order chi connectivity index (χ1) is 15.1. The van der Waals surface area contributed by atoms with Gasteiger partial charge in [-0.1, -0.05) is 30.3 Å². The Bertz CT molecular complexity index is 1150. The van der Waals surface area contributed by atoms with Gasteiger partial charge in [0.1, 0.15) is 5.60 Å². The Balaban J connectivity index is 1.96. The number of hydrogen-bond acceptors (Lipinski definition) is 6. The van der Waals surface area contributed by atoms with Gasteiger partial charge in [-0.2, -0.15) is 5.10 Å². The van der Waals surface area contributed by atoms with E-state index < -0.39 is 28.2 Å². The third kappa shape index (κ3) is 6.00. The monoisotopic (exact) mass is 436 g/mol. The number of hydrogen-bond donors (Lipinski definition) is 2. The van der Waals surface area contributed by atoms with Gasteiger partial charge in [-0.05, 0) is 56.5 Å². The second-order valence-electron chi connectivity index (χ2n) is 8.23. The van der Waals surface area contributed by atoms with Gasteiger partial charge in [0.2, 0.25) is 0 Å². The summed E-state index contributed by atoms with van der Waals surface area (Å²) < 4.78 is 5.39. The van der Waals surface area contributed by atoms with Crippen molar-refractivity contribution in [1.29, 1.82) is 0 Å². The summed E-state index contributed by atoms with van der Waals surface area (Å²) in [7, 11) is 0. The van der Waals surface area contributed by atoms with Crippen LogP contribution in [0.15, 0.2) is 65.5 Å². The summed E-state index contributed by atoms with van der Waals surface area (Å²) in [5, 5.41) is 20.3. The van der Waals surface area contributed by atoms with E-state index >= 15 is 0 Å². The van der Waals surface area contributed by atoms with Crippen LogP contribution in [0.25, 0.3) is 11.1 Å². The van der Waals surface area contributed by atoms with Gasteiger partial charge >= 0.3 is 6.09 Å². The van der Waals surface area contributed by atoms with Crippen molar-refractivity contribution in [3.63, 3.8) is 0 Å². The Morgan fingerprint density at radius 2 is 1.81 bits per heavy atom. The molecule has 166 valence electrons. The van der Waals surface area contributed by atoms with Crippen LogP contribution in [0.1, 0.15) is 38.1 Å². The lowest BCUT2D eigenvalue weighted by Gasteiger charge is -2.23. The fourth-order valence-electron chi connectivity index (χ4n) is 3.11. The molecule has 0 radical (unpaired) electrons. The number of nitro benzene ring substituents is 1. The second kappa shape index (κ2) is 9.42. The summed E-state index contributed by atoms with van der Waals surface area (Å²) in [6.07, 6.45) is -0.193. The zero-order valence-corrected chi connectivity index (χ0v) is 18.0. The van der Waals surface area contributed by atoms with E-state index in [1.807, 2.05) is 30.3 Å². The number of alkyl carbamates (subject to hydrolysis) is 1. The van der Waals surface area contributed by atoms with Crippen LogP contribution < -0.4 is 10.9 Å². The van der Waals surface area contributed by atoms with Gasteiger partial charge < -0.3 is 10.1 Å². The van der Waals surface area contributed by atoms with Crippen molar-refractivity contribution in [3.8, 4) is 11.1 Å². The zero-order chi connectivity index (χ0) is 23.3. The lowest BCUT2D eigenvalue weighted by molar-refractivity contribution is -0.384. The zero-order valence-electron chi connectivity index (χ0n) is 18.0. The van der Waals surface area contributed by atoms with Crippen LogP contribution in [0.4, 0.5) is 10.5 Å².